The molecule has 1 aromatic heterocycles. The fourth-order valence-corrected chi connectivity index (χ4v) is 2.27. The average Bonchev–Trinajstić information content (AvgIpc) is 3.01. The molecule has 132 valence electrons. The van der Waals surface area contributed by atoms with Gasteiger partial charge >= 0.3 is 12.1 Å². The van der Waals surface area contributed by atoms with Crippen molar-refractivity contribution in [3.63, 3.8) is 0 Å². The van der Waals surface area contributed by atoms with Gasteiger partial charge in [0.15, 0.2) is 0 Å². The van der Waals surface area contributed by atoms with Crippen LogP contribution in [0.3, 0.4) is 0 Å². The highest BCUT2D eigenvalue weighted by Crippen LogP contribution is 2.09. The lowest BCUT2D eigenvalue weighted by Crippen LogP contribution is -2.21. The van der Waals surface area contributed by atoms with Crippen LogP contribution >= 0.6 is 0 Å². The standard InChI is InChI=1S/C18H15N3O5/c22-16-15(20-18(25)26-11-12-4-2-1-3-5-12)10-19-21(16)14-8-6-13(7-9-14)17(23)24/h1-10,19H,11H2,(H,20,25)(H,23,24). The van der Waals surface area contributed by atoms with Crippen LogP contribution in [0.5, 0.6) is 0 Å². The Labute approximate surface area is 147 Å². The number of carbonyl (C=O) groups excluding carboxylic acids is 1. The number of ether oxygens (including phenoxy) is 1. The van der Waals surface area contributed by atoms with Crippen molar-refractivity contribution in [2.45, 2.75) is 6.61 Å². The highest BCUT2D eigenvalue weighted by Gasteiger charge is 2.12. The van der Waals surface area contributed by atoms with Crippen LogP contribution in [0.25, 0.3) is 5.69 Å². The number of amides is 1. The molecular weight excluding hydrogens is 338 g/mol. The number of anilines is 1. The number of nitrogens with one attached hydrogen (secondary N) is 2. The van der Waals surface area contributed by atoms with Crippen molar-refractivity contribution in [2.75, 3.05) is 5.32 Å². The van der Waals surface area contributed by atoms with E-state index in [1.165, 1.54) is 35.1 Å². The van der Waals surface area contributed by atoms with Gasteiger partial charge in [-0.1, -0.05) is 30.3 Å². The van der Waals surface area contributed by atoms with Crippen molar-refractivity contribution < 1.29 is 19.4 Å². The Morgan fingerprint density at radius 1 is 1.08 bits per heavy atom. The summed E-state index contributed by atoms with van der Waals surface area (Å²) in [6.45, 7) is 0.0853. The fraction of sp³-hybridized carbons (Fsp3) is 0.0556. The summed E-state index contributed by atoms with van der Waals surface area (Å²) in [5.74, 6) is -1.06. The first-order valence-corrected chi connectivity index (χ1v) is 7.66. The number of hydrogen-bond donors (Lipinski definition) is 3. The highest BCUT2D eigenvalue weighted by molar-refractivity contribution is 5.87. The van der Waals surface area contributed by atoms with Crippen LogP contribution in [-0.2, 0) is 11.3 Å². The van der Waals surface area contributed by atoms with E-state index in [9.17, 15) is 14.4 Å². The number of rotatable bonds is 5. The van der Waals surface area contributed by atoms with Crippen molar-refractivity contribution >= 4 is 17.7 Å². The molecule has 0 radical (unpaired) electrons. The Hall–Kier alpha value is -3.81. The van der Waals surface area contributed by atoms with Crippen LogP contribution in [0.4, 0.5) is 10.5 Å². The molecule has 0 spiro atoms. The molecule has 2 aromatic carbocycles. The molecule has 0 saturated heterocycles. The summed E-state index contributed by atoms with van der Waals surface area (Å²) in [5.41, 5.74) is 0.893. The first-order chi connectivity index (χ1) is 12.5. The number of aromatic amines is 1. The quantitative estimate of drug-likeness (QED) is 0.652. The van der Waals surface area contributed by atoms with Crippen molar-refractivity contribution in [3.05, 3.63) is 82.3 Å². The summed E-state index contributed by atoms with van der Waals surface area (Å²) in [5, 5.41) is 14.0. The lowest BCUT2D eigenvalue weighted by Gasteiger charge is -2.05. The van der Waals surface area contributed by atoms with Crippen molar-refractivity contribution in [1.82, 2.24) is 9.78 Å². The predicted molar refractivity (Wildman–Crippen MR) is 93.6 cm³/mol. The van der Waals surface area contributed by atoms with Gasteiger partial charge in [0.25, 0.3) is 5.56 Å². The second kappa shape index (κ2) is 7.39. The van der Waals surface area contributed by atoms with Crippen LogP contribution in [-0.4, -0.2) is 26.9 Å². The molecule has 0 atom stereocenters. The van der Waals surface area contributed by atoms with Crippen molar-refractivity contribution in [2.24, 2.45) is 0 Å². The van der Waals surface area contributed by atoms with Crippen molar-refractivity contribution in [3.8, 4) is 5.69 Å². The van der Waals surface area contributed by atoms with E-state index in [2.05, 4.69) is 10.4 Å². The third-order valence-electron chi connectivity index (χ3n) is 3.59. The van der Waals surface area contributed by atoms with Gasteiger partial charge in [0.1, 0.15) is 12.3 Å². The number of H-pyrrole nitrogens is 1. The number of carboxylic acid groups (broad SMARTS) is 1. The number of benzene rings is 2. The van der Waals surface area contributed by atoms with Crippen LogP contribution < -0.4 is 10.9 Å². The molecule has 1 amide bonds. The molecule has 0 fully saturated rings. The first kappa shape index (κ1) is 17.0. The fourth-order valence-electron chi connectivity index (χ4n) is 2.27. The average molecular weight is 353 g/mol. The zero-order valence-corrected chi connectivity index (χ0v) is 13.5. The molecule has 0 aliphatic heterocycles. The second-order valence-corrected chi connectivity index (χ2v) is 5.37. The molecule has 26 heavy (non-hydrogen) atoms. The Kier molecular flexibility index (Phi) is 4.84. The molecule has 8 nitrogen and oxygen atoms in total. The van der Waals surface area contributed by atoms with Gasteiger partial charge in [0.05, 0.1) is 11.3 Å². The lowest BCUT2D eigenvalue weighted by atomic mass is 10.2. The number of hydrogen-bond acceptors (Lipinski definition) is 4. The van der Waals surface area contributed by atoms with Gasteiger partial charge in [-0.3, -0.25) is 15.2 Å². The summed E-state index contributed by atoms with van der Waals surface area (Å²) in [6.07, 6.45) is 0.579. The molecule has 8 heteroatoms. The van der Waals surface area contributed by atoms with Gasteiger partial charge in [-0.15, -0.1) is 0 Å². The Balaban J connectivity index is 1.67. The number of aromatic carboxylic acids is 1. The van der Waals surface area contributed by atoms with E-state index in [1.807, 2.05) is 30.3 Å². The third-order valence-corrected chi connectivity index (χ3v) is 3.59. The zero-order valence-electron chi connectivity index (χ0n) is 13.5. The van der Waals surface area contributed by atoms with E-state index in [0.29, 0.717) is 5.69 Å². The molecule has 3 rings (SSSR count). The molecule has 1 heterocycles. The van der Waals surface area contributed by atoms with E-state index in [4.69, 9.17) is 9.84 Å². The normalized spacial score (nSPS) is 10.3. The minimum Gasteiger partial charge on any atom is -0.478 e. The number of aromatic nitrogens is 2. The minimum absolute atomic E-state index is 0.0189. The van der Waals surface area contributed by atoms with Crippen LogP contribution in [0, 0.1) is 0 Å². The summed E-state index contributed by atoms with van der Waals surface area (Å²) in [7, 11) is 0. The van der Waals surface area contributed by atoms with Gasteiger partial charge in [-0.25, -0.2) is 14.3 Å². The van der Waals surface area contributed by atoms with Gasteiger partial charge < -0.3 is 9.84 Å². The van der Waals surface area contributed by atoms with Crippen LogP contribution in [0.1, 0.15) is 15.9 Å². The maximum Gasteiger partial charge on any atom is 0.412 e. The van der Waals surface area contributed by atoms with Crippen LogP contribution in [0.15, 0.2) is 65.6 Å². The van der Waals surface area contributed by atoms with Gasteiger partial charge in [0.2, 0.25) is 0 Å². The number of nitrogens with zero attached hydrogens (tertiary/aromatic N) is 1. The summed E-state index contributed by atoms with van der Waals surface area (Å²) < 4.78 is 6.25. The molecule has 0 aliphatic rings. The summed E-state index contributed by atoms with van der Waals surface area (Å²) >= 11 is 0. The largest absolute Gasteiger partial charge is 0.478 e. The van der Waals surface area contributed by atoms with E-state index in [-0.39, 0.29) is 17.9 Å². The smallest absolute Gasteiger partial charge is 0.412 e. The molecule has 0 saturated carbocycles. The van der Waals surface area contributed by atoms with Gasteiger partial charge in [-0.2, -0.15) is 0 Å². The molecule has 0 unspecified atom stereocenters. The highest BCUT2D eigenvalue weighted by atomic mass is 16.5. The maximum absolute atomic E-state index is 12.3. The van der Waals surface area contributed by atoms with Crippen molar-refractivity contribution in [1.29, 1.82) is 0 Å². The zero-order chi connectivity index (χ0) is 18.5. The molecular formula is C18H15N3O5. The first-order valence-electron chi connectivity index (χ1n) is 7.66. The topological polar surface area (TPSA) is 113 Å². The predicted octanol–water partition coefficient (Wildman–Crippen LogP) is 2.61. The molecule has 0 aliphatic carbocycles. The van der Waals surface area contributed by atoms with Gasteiger partial charge in [-0.05, 0) is 29.8 Å². The Bertz CT molecular complexity index is 974. The van der Waals surface area contributed by atoms with E-state index >= 15 is 0 Å². The molecule has 3 aromatic rings. The van der Waals surface area contributed by atoms with Gasteiger partial charge in [0, 0.05) is 6.20 Å². The van der Waals surface area contributed by atoms with E-state index in [1.54, 1.807) is 0 Å². The molecule has 0 bridgehead atoms. The summed E-state index contributed by atoms with van der Waals surface area (Å²) in [4.78, 5) is 35.1. The molecule has 3 N–H and O–H groups in total. The van der Waals surface area contributed by atoms with Crippen LogP contribution in [0.2, 0.25) is 0 Å². The van der Waals surface area contributed by atoms with E-state index < -0.39 is 17.6 Å². The summed E-state index contributed by atoms with van der Waals surface area (Å²) in [6, 6.07) is 14.9. The lowest BCUT2D eigenvalue weighted by molar-refractivity contribution is 0.0697. The Morgan fingerprint density at radius 2 is 1.77 bits per heavy atom. The second-order valence-electron chi connectivity index (χ2n) is 5.37. The maximum atomic E-state index is 12.3. The Morgan fingerprint density at radius 3 is 2.42 bits per heavy atom. The minimum atomic E-state index is -1.06. The van der Waals surface area contributed by atoms with E-state index in [0.717, 1.165) is 5.56 Å². The SMILES string of the molecule is O=C(Nc1c[nH]n(-c2ccc(C(=O)O)cc2)c1=O)OCc1ccccc1. The third kappa shape index (κ3) is 3.81. The number of carbonyl (C=O) groups is 2. The monoisotopic (exact) mass is 353 g/mol. The number of carboxylic acids is 1.